The van der Waals surface area contributed by atoms with Crippen molar-refractivity contribution in [3.63, 3.8) is 0 Å². The third-order valence-corrected chi connectivity index (χ3v) is 12.3. The first-order valence-electron chi connectivity index (χ1n) is 17.3. The number of ether oxygens (including phenoxy) is 4. The van der Waals surface area contributed by atoms with Crippen molar-refractivity contribution in [1.29, 1.82) is 0 Å². The SMILES string of the molecule is CCOC(=O)[C@H](C)NP1(=O)OCC2O[C@@H](n3ccc(N)nc3=O)[C@@H](O)[C@@H]2O1.CCOC(=O)[C@H](C)NP1(=O)OCC2O[C@@H](n3cnc4c(N)nc(Cl)nc43)[C@@H](F)[C@@H]2O1. The molecule has 4 aliphatic rings. The Morgan fingerprint density at radius 3 is 2.11 bits per heavy atom. The molecule has 4 unspecified atom stereocenters. The lowest BCUT2D eigenvalue weighted by Crippen LogP contribution is -2.44. The number of halogens is 2. The maximum absolute atomic E-state index is 15.3. The molecule has 7 N–H and O–H groups in total. The molecule has 4 fully saturated rings. The van der Waals surface area contributed by atoms with Gasteiger partial charge in [0.05, 0.1) is 32.8 Å². The number of aromatic nitrogens is 6. The van der Waals surface area contributed by atoms with Crippen molar-refractivity contribution in [2.75, 3.05) is 37.9 Å². The van der Waals surface area contributed by atoms with Gasteiger partial charge in [0.15, 0.2) is 30.1 Å². The van der Waals surface area contributed by atoms with Crippen LogP contribution in [0.5, 0.6) is 0 Å². The summed E-state index contributed by atoms with van der Waals surface area (Å²) >= 11 is 5.85. The van der Waals surface area contributed by atoms with Gasteiger partial charge >= 0.3 is 33.1 Å². The Morgan fingerprint density at radius 2 is 1.53 bits per heavy atom. The van der Waals surface area contributed by atoms with Crippen molar-refractivity contribution in [2.45, 2.75) is 88.9 Å². The van der Waals surface area contributed by atoms with E-state index in [1.165, 1.54) is 37.0 Å². The predicted octanol–water partition coefficient (Wildman–Crippen LogP) is 0.511. The summed E-state index contributed by atoms with van der Waals surface area (Å²) in [6, 6.07) is -0.556. The normalized spacial score (nSPS) is 33.0. The van der Waals surface area contributed by atoms with Crippen LogP contribution < -0.4 is 27.3 Å². The topological polar surface area (TPSA) is 317 Å². The Balaban J connectivity index is 0.000000194. The number of anilines is 2. The number of fused-ring (bicyclic) bond motifs is 3. The smallest absolute Gasteiger partial charge is 0.406 e. The van der Waals surface area contributed by atoms with E-state index in [1.807, 2.05) is 0 Å². The minimum Gasteiger partial charge on any atom is -0.465 e. The van der Waals surface area contributed by atoms with Crippen LogP contribution in [-0.4, -0.2) is 121 Å². The van der Waals surface area contributed by atoms with E-state index in [9.17, 15) is 28.6 Å². The molecule has 12 atom stereocenters. The molecule has 7 heterocycles. The standard InChI is InChI=1S/C15H19ClFN6O6P.C14H21N4O8P/c1-3-26-14(24)6(2)22-30(25)27-4-7-10(29-30)8(17)13(28-7)23-5-19-9-11(18)20-15(16)21-12(9)23;1-3-23-13(20)7(2)17-27(22)24-6-8-11(26-27)10(19)12(25-8)18-5-4-9(15)16-14(18)21/h5-8,10,13H,3-4H2,1-2H3,(H,22,25)(H2,18,20,21);4-5,7-8,10-12,19H,3,6H2,1-2H3,(H,17,22)(H2,15,16,21)/t6-,7?,8-,10+,13+,30?;7-,8?,10-,11+,12+,27?/m00/s1. The van der Waals surface area contributed by atoms with Crippen LogP contribution >= 0.6 is 27.1 Å². The molecule has 4 aliphatic heterocycles. The monoisotopic (exact) mass is 868 g/mol. The number of carbonyl (C=O) groups is 2. The molecule has 314 valence electrons. The highest BCUT2D eigenvalue weighted by molar-refractivity contribution is 7.52. The van der Waals surface area contributed by atoms with Gasteiger partial charge in [-0.05, 0) is 45.4 Å². The fourth-order valence-corrected chi connectivity index (χ4v) is 9.65. The van der Waals surface area contributed by atoms with E-state index in [0.717, 1.165) is 4.57 Å². The molecule has 7 rings (SSSR count). The van der Waals surface area contributed by atoms with Crippen molar-refractivity contribution in [1.82, 2.24) is 39.2 Å². The van der Waals surface area contributed by atoms with Gasteiger partial charge < -0.3 is 35.5 Å². The zero-order chi connectivity index (χ0) is 41.4. The number of alkyl halides is 1. The van der Waals surface area contributed by atoms with Gasteiger partial charge in [-0.3, -0.25) is 36.8 Å². The highest BCUT2D eigenvalue weighted by Crippen LogP contribution is 2.55. The maximum atomic E-state index is 15.3. The predicted molar refractivity (Wildman–Crippen MR) is 192 cm³/mol. The van der Waals surface area contributed by atoms with E-state index < -0.39 is 94.4 Å². The Bertz CT molecular complexity index is 2140. The van der Waals surface area contributed by atoms with Gasteiger partial charge in [0.2, 0.25) is 5.28 Å². The van der Waals surface area contributed by atoms with Crippen LogP contribution in [0.1, 0.15) is 40.2 Å². The summed E-state index contributed by atoms with van der Waals surface area (Å²) in [4.78, 5) is 51.0. The molecule has 4 saturated heterocycles. The van der Waals surface area contributed by atoms with Crippen LogP contribution in [0, 0.1) is 0 Å². The number of nitrogens with one attached hydrogen (secondary N) is 2. The zero-order valence-corrected chi connectivity index (χ0v) is 33.1. The molecular weight excluding hydrogens is 829 g/mol. The van der Waals surface area contributed by atoms with Gasteiger partial charge in [0.1, 0.15) is 53.9 Å². The molecule has 28 heteroatoms. The number of nitrogens with zero attached hydrogens (tertiary/aromatic N) is 6. The van der Waals surface area contributed by atoms with Gasteiger partial charge in [0.25, 0.3) is 0 Å². The van der Waals surface area contributed by atoms with E-state index in [-0.39, 0.29) is 54.5 Å². The first-order chi connectivity index (χ1) is 27.0. The van der Waals surface area contributed by atoms with Crippen LogP contribution in [0.2, 0.25) is 5.28 Å². The number of hydrogen-bond acceptors (Lipinski definition) is 20. The first-order valence-corrected chi connectivity index (χ1v) is 20.8. The molecule has 0 aliphatic carbocycles. The molecule has 0 radical (unpaired) electrons. The second-order valence-electron chi connectivity index (χ2n) is 12.7. The van der Waals surface area contributed by atoms with E-state index in [0.29, 0.717) is 0 Å². The van der Waals surface area contributed by atoms with E-state index >= 15 is 4.39 Å². The van der Waals surface area contributed by atoms with E-state index in [4.69, 9.17) is 60.1 Å². The van der Waals surface area contributed by atoms with Crippen LogP contribution in [0.25, 0.3) is 11.2 Å². The van der Waals surface area contributed by atoms with Gasteiger partial charge in [-0.1, -0.05) is 0 Å². The Hall–Kier alpha value is -3.71. The minimum absolute atomic E-state index is 0.0300. The lowest BCUT2D eigenvalue weighted by Gasteiger charge is -2.32. The number of rotatable bonds is 10. The third-order valence-electron chi connectivity index (χ3n) is 8.72. The van der Waals surface area contributed by atoms with Crippen molar-refractivity contribution in [3.05, 3.63) is 34.4 Å². The summed E-state index contributed by atoms with van der Waals surface area (Å²) in [5.41, 5.74) is 10.9. The molecule has 0 spiro atoms. The number of aliphatic hydroxyl groups excluding tert-OH is 1. The van der Waals surface area contributed by atoms with Crippen LogP contribution in [0.3, 0.4) is 0 Å². The molecule has 0 bridgehead atoms. The Labute approximate surface area is 327 Å². The Morgan fingerprint density at radius 1 is 0.965 bits per heavy atom. The van der Waals surface area contributed by atoms with Gasteiger partial charge in [-0.15, -0.1) is 0 Å². The van der Waals surface area contributed by atoms with Gasteiger partial charge in [0, 0.05) is 6.20 Å². The van der Waals surface area contributed by atoms with Gasteiger partial charge in [-0.25, -0.2) is 33.5 Å². The molecule has 0 aromatic carbocycles. The summed E-state index contributed by atoms with van der Waals surface area (Å²) in [5, 5.41) is 15.3. The fourth-order valence-electron chi connectivity index (χ4n) is 6.08. The van der Waals surface area contributed by atoms with Crippen molar-refractivity contribution >= 4 is 61.8 Å². The van der Waals surface area contributed by atoms with Crippen molar-refractivity contribution in [2.24, 2.45) is 0 Å². The van der Waals surface area contributed by atoms with Crippen LogP contribution in [0.4, 0.5) is 16.0 Å². The minimum atomic E-state index is -3.98. The largest absolute Gasteiger partial charge is 0.465 e. The number of nitrogens with two attached hydrogens (primary N) is 2. The highest BCUT2D eigenvalue weighted by Gasteiger charge is 2.55. The zero-order valence-electron chi connectivity index (χ0n) is 30.6. The van der Waals surface area contributed by atoms with Gasteiger partial charge in [-0.2, -0.15) is 15.0 Å². The van der Waals surface area contributed by atoms with Crippen molar-refractivity contribution < 1.29 is 65.3 Å². The number of esters is 2. The fraction of sp³-hybridized carbons (Fsp3) is 0.621. The molecule has 3 aromatic heterocycles. The molecular formula is C29H40ClFN10O14P2. The number of carbonyl (C=O) groups excluding carboxylic acids is 2. The summed E-state index contributed by atoms with van der Waals surface area (Å²) in [5.74, 6) is -1.20. The summed E-state index contributed by atoms with van der Waals surface area (Å²) in [6.45, 7) is 6.09. The Kier molecular flexibility index (Phi) is 13.0. The highest BCUT2D eigenvalue weighted by atomic mass is 35.5. The number of hydrogen-bond donors (Lipinski definition) is 5. The number of imidazole rings is 1. The lowest BCUT2D eigenvalue weighted by molar-refractivity contribution is -0.145. The summed E-state index contributed by atoms with van der Waals surface area (Å²) in [6.07, 6.45) is -6.64. The molecule has 3 aromatic rings. The average molecular weight is 869 g/mol. The van der Waals surface area contributed by atoms with Crippen molar-refractivity contribution in [3.8, 4) is 0 Å². The molecule has 0 saturated carbocycles. The summed E-state index contributed by atoms with van der Waals surface area (Å²) < 4.78 is 85.5. The quantitative estimate of drug-likeness (QED) is 0.105. The van der Waals surface area contributed by atoms with Crippen LogP contribution in [0.15, 0.2) is 23.4 Å². The molecule has 0 amide bonds. The summed E-state index contributed by atoms with van der Waals surface area (Å²) in [7, 11) is -7.89. The van der Waals surface area contributed by atoms with E-state index in [2.05, 4.69) is 30.1 Å². The molecule has 24 nitrogen and oxygen atoms in total. The first kappa shape index (κ1) is 42.9. The lowest BCUT2D eigenvalue weighted by atomic mass is 10.1. The van der Waals surface area contributed by atoms with E-state index in [1.54, 1.807) is 13.8 Å². The second kappa shape index (κ2) is 17.3. The second-order valence-corrected chi connectivity index (χ2v) is 16.5. The third kappa shape index (κ3) is 9.14. The molecule has 57 heavy (non-hydrogen) atoms. The number of nitrogen functional groups attached to an aromatic ring is 2. The average Bonchev–Trinajstić information content (AvgIpc) is 3.81. The van der Waals surface area contributed by atoms with Crippen LogP contribution in [-0.2, 0) is 55.8 Å². The maximum Gasteiger partial charge on any atom is 0.406 e. The number of aliphatic hydroxyl groups is 1.